The van der Waals surface area contributed by atoms with E-state index in [-0.39, 0.29) is 36.7 Å². The predicted molar refractivity (Wildman–Crippen MR) is 128 cm³/mol. The number of ether oxygens (including phenoxy) is 2. The number of fused-ring (bicyclic) bond motifs is 2. The Labute approximate surface area is 203 Å². The number of urea groups is 1. The summed E-state index contributed by atoms with van der Waals surface area (Å²) in [5.74, 6) is 0.690. The molecule has 0 aliphatic carbocycles. The monoisotopic (exact) mass is 485 g/mol. The smallest absolute Gasteiger partial charge is 0.323 e. The number of anilines is 2. The first-order valence-electron chi connectivity index (χ1n) is 11.5. The van der Waals surface area contributed by atoms with Crippen LogP contribution in [0, 0.1) is 13.8 Å². The molecule has 0 saturated carbocycles. The fourth-order valence-electron chi connectivity index (χ4n) is 4.42. The number of rotatable bonds is 4. The summed E-state index contributed by atoms with van der Waals surface area (Å²) in [4.78, 5) is 41.2. The van der Waals surface area contributed by atoms with Gasteiger partial charge in [0, 0.05) is 26.8 Å². The summed E-state index contributed by atoms with van der Waals surface area (Å²) in [5, 5.41) is 9.27. The lowest BCUT2D eigenvalue weighted by molar-refractivity contribution is -0.140. The molecule has 4 amide bonds. The number of nitrogens with one attached hydrogen (secondary N) is 2. The molecular weight excluding hydrogens is 454 g/mol. The number of aryl methyl sites for hydroxylation is 2. The average Bonchev–Trinajstić information content (AvgIpc) is 3.13. The molecule has 2 N–H and O–H groups in total. The summed E-state index contributed by atoms with van der Waals surface area (Å²) in [6, 6.07) is 4.26. The summed E-state index contributed by atoms with van der Waals surface area (Å²) in [6.45, 7) is 3.69. The van der Waals surface area contributed by atoms with E-state index >= 15 is 0 Å². The Morgan fingerprint density at radius 1 is 1.20 bits per heavy atom. The maximum atomic E-state index is 13.4. The minimum absolute atomic E-state index is 0.00779. The number of hydrogen-bond donors (Lipinski definition) is 2. The van der Waals surface area contributed by atoms with Gasteiger partial charge in [0.25, 0.3) is 5.91 Å². The van der Waals surface area contributed by atoms with E-state index in [4.69, 9.17) is 14.0 Å². The second-order valence-corrected chi connectivity index (χ2v) is 9.15. The second kappa shape index (κ2) is 9.95. The van der Waals surface area contributed by atoms with Gasteiger partial charge < -0.3 is 34.4 Å². The number of carbonyl (C=O) groups excluding carboxylic acids is 3. The van der Waals surface area contributed by atoms with Crippen LogP contribution < -0.4 is 15.4 Å². The van der Waals surface area contributed by atoms with Crippen LogP contribution in [-0.4, -0.2) is 78.8 Å². The summed E-state index contributed by atoms with van der Waals surface area (Å²) < 4.78 is 17.2. The van der Waals surface area contributed by atoms with Gasteiger partial charge in [0.15, 0.2) is 5.76 Å². The largest absolute Gasteiger partial charge is 0.490 e. The number of benzene rings is 1. The molecule has 1 fully saturated rings. The molecule has 1 aromatic carbocycles. The fraction of sp³-hybridized carbons (Fsp3) is 0.500. The van der Waals surface area contributed by atoms with Gasteiger partial charge in [-0.05, 0) is 44.9 Å². The molecule has 4 rings (SSSR count). The van der Waals surface area contributed by atoms with Gasteiger partial charge in [0.1, 0.15) is 29.8 Å². The molecule has 0 spiro atoms. The van der Waals surface area contributed by atoms with E-state index < -0.39 is 6.03 Å². The lowest BCUT2D eigenvalue weighted by atomic mass is 9.94. The maximum absolute atomic E-state index is 13.4. The van der Waals surface area contributed by atoms with E-state index in [0.29, 0.717) is 53.4 Å². The van der Waals surface area contributed by atoms with Gasteiger partial charge in [-0.15, -0.1) is 0 Å². The molecule has 0 unspecified atom stereocenters. The van der Waals surface area contributed by atoms with Crippen molar-refractivity contribution < 1.29 is 28.4 Å². The van der Waals surface area contributed by atoms with Crippen molar-refractivity contribution in [3.8, 4) is 5.75 Å². The molecule has 3 atom stereocenters. The van der Waals surface area contributed by atoms with Gasteiger partial charge in [-0.1, -0.05) is 5.16 Å². The first-order chi connectivity index (χ1) is 16.6. The Kier molecular flexibility index (Phi) is 6.97. The third kappa shape index (κ3) is 5.24. The van der Waals surface area contributed by atoms with E-state index in [1.165, 1.54) is 0 Å². The van der Waals surface area contributed by atoms with Crippen LogP contribution in [0.3, 0.4) is 0 Å². The summed E-state index contributed by atoms with van der Waals surface area (Å²) in [6.07, 6.45) is 1.13. The highest BCUT2D eigenvalue weighted by Gasteiger charge is 2.39. The summed E-state index contributed by atoms with van der Waals surface area (Å²) in [5.41, 5.74) is 1.86. The Morgan fingerprint density at radius 3 is 2.66 bits per heavy atom. The van der Waals surface area contributed by atoms with E-state index in [0.717, 1.165) is 0 Å². The zero-order valence-corrected chi connectivity index (χ0v) is 20.6. The van der Waals surface area contributed by atoms with Crippen molar-refractivity contribution in [1.29, 1.82) is 0 Å². The second-order valence-electron chi connectivity index (χ2n) is 9.15. The van der Waals surface area contributed by atoms with E-state index in [1.807, 2.05) is 0 Å². The molecule has 1 saturated heterocycles. The third-order valence-corrected chi connectivity index (χ3v) is 6.44. The van der Waals surface area contributed by atoms with Crippen molar-refractivity contribution in [1.82, 2.24) is 15.0 Å². The first kappa shape index (κ1) is 24.5. The van der Waals surface area contributed by atoms with E-state index in [2.05, 4.69) is 15.8 Å². The number of hydrogen-bond acceptors (Lipinski definition) is 7. The Morgan fingerprint density at radius 2 is 1.97 bits per heavy atom. The molecule has 0 radical (unpaired) electrons. The number of carbonyl (C=O) groups is 3. The zero-order valence-electron chi connectivity index (χ0n) is 20.6. The Bertz CT molecular complexity index is 1110. The Balaban J connectivity index is 1.47. The number of nitrogens with zero attached hydrogens (tertiary/aromatic N) is 3. The highest BCUT2D eigenvalue weighted by molar-refractivity contribution is 6.03. The molecule has 2 aromatic rings. The molecule has 11 heteroatoms. The molecule has 35 heavy (non-hydrogen) atoms. The van der Waals surface area contributed by atoms with Crippen molar-refractivity contribution in [2.24, 2.45) is 0 Å². The van der Waals surface area contributed by atoms with Crippen LogP contribution in [0.25, 0.3) is 0 Å². The zero-order chi connectivity index (χ0) is 25.3. The normalized spacial score (nSPS) is 21.7. The minimum Gasteiger partial charge on any atom is -0.490 e. The van der Waals surface area contributed by atoms with Crippen LogP contribution >= 0.6 is 0 Å². The van der Waals surface area contributed by atoms with Crippen LogP contribution in [0.2, 0.25) is 0 Å². The molecule has 3 heterocycles. The van der Waals surface area contributed by atoms with Crippen molar-refractivity contribution in [2.45, 2.75) is 51.4 Å². The highest BCUT2D eigenvalue weighted by Crippen LogP contribution is 2.32. The van der Waals surface area contributed by atoms with Crippen molar-refractivity contribution in [3.05, 3.63) is 35.2 Å². The molecule has 0 bridgehead atoms. The van der Waals surface area contributed by atoms with E-state index in [9.17, 15) is 14.4 Å². The van der Waals surface area contributed by atoms with Crippen LogP contribution in [0.15, 0.2) is 22.7 Å². The van der Waals surface area contributed by atoms with Gasteiger partial charge in [0.05, 0.1) is 24.1 Å². The molecular formula is C24H31N5O6. The number of amides is 4. The van der Waals surface area contributed by atoms with Gasteiger partial charge in [-0.25, -0.2) is 4.79 Å². The molecule has 11 nitrogen and oxygen atoms in total. The van der Waals surface area contributed by atoms with Crippen molar-refractivity contribution in [3.63, 3.8) is 0 Å². The van der Waals surface area contributed by atoms with Crippen molar-refractivity contribution >= 4 is 29.2 Å². The van der Waals surface area contributed by atoms with Crippen LogP contribution in [0.5, 0.6) is 5.75 Å². The average molecular weight is 486 g/mol. The van der Waals surface area contributed by atoms with Gasteiger partial charge >= 0.3 is 6.03 Å². The fourth-order valence-corrected chi connectivity index (χ4v) is 4.42. The highest BCUT2D eigenvalue weighted by atomic mass is 16.5. The van der Waals surface area contributed by atoms with E-state index in [1.54, 1.807) is 63.0 Å². The number of likely N-dealkylation sites (N-methyl/N-ethyl adjacent to an activating group) is 1. The van der Waals surface area contributed by atoms with Gasteiger partial charge in [0.2, 0.25) is 5.91 Å². The molecule has 188 valence electrons. The van der Waals surface area contributed by atoms with Crippen LogP contribution in [0.4, 0.5) is 16.2 Å². The lowest BCUT2D eigenvalue weighted by Crippen LogP contribution is -2.53. The van der Waals surface area contributed by atoms with Crippen LogP contribution in [0.1, 0.15) is 41.1 Å². The molecule has 1 aromatic heterocycles. The maximum Gasteiger partial charge on any atom is 0.323 e. The molecule has 2 aliphatic rings. The van der Waals surface area contributed by atoms with Crippen molar-refractivity contribution in [2.75, 3.05) is 38.4 Å². The van der Waals surface area contributed by atoms with Crippen LogP contribution in [-0.2, 0) is 9.53 Å². The van der Waals surface area contributed by atoms with Gasteiger partial charge in [-0.3, -0.25) is 9.59 Å². The third-order valence-electron chi connectivity index (χ3n) is 6.44. The first-order valence-corrected chi connectivity index (χ1v) is 11.5. The molecule has 2 aliphatic heterocycles. The summed E-state index contributed by atoms with van der Waals surface area (Å²) >= 11 is 0. The summed E-state index contributed by atoms with van der Waals surface area (Å²) in [7, 11) is 5.19. The van der Waals surface area contributed by atoms with Gasteiger partial charge in [-0.2, -0.15) is 0 Å². The quantitative estimate of drug-likeness (QED) is 0.682. The number of aromatic nitrogens is 1. The topological polar surface area (TPSA) is 126 Å². The lowest BCUT2D eigenvalue weighted by Gasteiger charge is -2.42. The standard InChI is InChI=1S/C24H31N5O6/c1-13-22(14(2)35-27-13)26-24(32)25-15-6-9-19-17(10-15)23(31)29(5)18-8-7-16(11-21(30)28(3)4)34-20(18)12-33-19/h6,9-10,16,18,20H,7-8,11-12H2,1-5H3,(H2,25,26,32)/t16-,18+,20-/m1/s1. The predicted octanol–water partition coefficient (Wildman–Crippen LogP) is 2.79. The SMILES string of the molecule is Cc1noc(C)c1NC(=O)Nc1ccc2c(c1)C(=O)N(C)[C@H]1CC[C@H](CC(=O)N(C)C)O[C@@H]1CO2. The minimum atomic E-state index is -0.481. The Hall–Kier alpha value is -3.60.